The van der Waals surface area contributed by atoms with Crippen molar-refractivity contribution in [2.24, 2.45) is 0 Å². The minimum atomic E-state index is -1.26. The number of anilines is 1. The van der Waals surface area contributed by atoms with Gasteiger partial charge in [-0.1, -0.05) is 24.3 Å². The number of hydrogen-bond donors (Lipinski definition) is 4. The molecule has 0 bridgehead atoms. The smallest absolute Gasteiger partial charge is 0.326 e. The lowest BCUT2D eigenvalue weighted by Gasteiger charge is -2.25. The Bertz CT molecular complexity index is 1140. The van der Waals surface area contributed by atoms with E-state index in [9.17, 15) is 28.7 Å². The van der Waals surface area contributed by atoms with Gasteiger partial charge in [-0.25, -0.2) is 9.18 Å². The quantitative estimate of drug-likeness (QED) is 0.139. The molecule has 2 aromatic carbocycles. The summed E-state index contributed by atoms with van der Waals surface area (Å²) >= 11 is 13.3. The zero-order chi connectivity index (χ0) is 30.2. The second-order valence-corrected chi connectivity index (χ2v) is 10.9. The van der Waals surface area contributed by atoms with Crippen LogP contribution >= 0.6 is 35.0 Å². The minimum Gasteiger partial charge on any atom is -0.480 e. The summed E-state index contributed by atoms with van der Waals surface area (Å²) < 4.78 is 13.3. The van der Waals surface area contributed by atoms with Gasteiger partial charge in [0.05, 0.1) is 0 Å². The fraction of sp³-hybridized carbons (Fsp3) is 0.429. The number of nitrogens with zero attached hydrogens (tertiary/aromatic N) is 1. The maximum atomic E-state index is 13.3. The third-order valence-corrected chi connectivity index (χ3v) is 7.20. The van der Waals surface area contributed by atoms with Gasteiger partial charge >= 0.3 is 5.97 Å². The highest BCUT2D eigenvalue weighted by Crippen LogP contribution is 2.18. The summed E-state index contributed by atoms with van der Waals surface area (Å²) in [6, 6.07) is 9.43. The van der Waals surface area contributed by atoms with Crippen LogP contribution in [0.25, 0.3) is 0 Å². The van der Waals surface area contributed by atoms with E-state index in [1.54, 1.807) is 12.1 Å². The number of carbonyl (C=O) groups is 4. The molecule has 0 saturated heterocycles. The zero-order valence-corrected chi connectivity index (χ0v) is 25.0. The van der Waals surface area contributed by atoms with Crippen molar-refractivity contribution in [1.82, 2.24) is 16.0 Å². The number of benzene rings is 2. The topological polar surface area (TPSA) is 128 Å². The third-order valence-electron chi connectivity index (χ3n) is 6.22. The Kier molecular flexibility index (Phi) is 15.4. The van der Waals surface area contributed by atoms with Gasteiger partial charge in [0.1, 0.15) is 23.9 Å². The van der Waals surface area contributed by atoms with Gasteiger partial charge in [-0.15, -0.1) is 23.2 Å². The molecule has 0 unspecified atom stereocenters. The fourth-order valence-electron chi connectivity index (χ4n) is 4.10. The molecule has 4 N–H and O–H groups in total. The van der Waals surface area contributed by atoms with E-state index < -0.39 is 41.7 Å². The number of carboxylic acids is 1. The molecular formula is C28H35Cl2FN4O5S. The van der Waals surface area contributed by atoms with Gasteiger partial charge < -0.3 is 26.0 Å². The van der Waals surface area contributed by atoms with Gasteiger partial charge in [0.15, 0.2) is 0 Å². The highest BCUT2D eigenvalue weighted by molar-refractivity contribution is 7.98. The Labute approximate surface area is 253 Å². The van der Waals surface area contributed by atoms with Crippen LogP contribution in [0, 0.1) is 5.82 Å². The molecule has 3 amide bonds. The molecule has 0 aromatic heterocycles. The molecular weight excluding hydrogens is 594 g/mol. The second-order valence-electron chi connectivity index (χ2n) is 9.15. The zero-order valence-electron chi connectivity index (χ0n) is 22.7. The number of halogens is 3. The van der Waals surface area contributed by atoms with E-state index >= 15 is 0 Å². The number of amides is 3. The normalized spacial score (nSPS) is 13.0. The van der Waals surface area contributed by atoms with Crippen LogP contribution in [-0.2, 0) is 32.0 Å². The molecule has 0 heterocycles. The van der Waals surface area contributed by atoms with Crippen LogP contribution in [0.1, 0.15) is 17.5 Å². The molecule has 13 heteroatoms. The van der Waals surface area contributed by atoms with Crippen LogP contribution in [0.4, 0.5) is 10.1 Å². The van der Waals surface area contributed by atoms with Crippen molar-refractivity contribution in [3.05, 3.63) is 65.5 Å². The second kappa shape index (κ2) is 18.4. The maximum absolute atomic E-state index is 13.3. The number of aliphatic carboxylic acids is 1. The first kappa shape index (κ1) is 34.2. The van der Waals surface area contributed by atoms with Crippen LogP contribution in [-0.4, -0.2) is 84.3 Å². The molecule has 0 aliphatic carbocycles. The van der Waals surface area contributed by atoms with Crippen LogP contribution in [0.5, 0.6) is 0 Å². The molecule has 0 aliphatic rings. The molecule has 0 fully saturated rings. The lowest BCUT2D eigenvalue weighted by molar-refractivity contribution is -0.142. The van der Waals surface area contributed by atoms with Crippen molar-refractivity contribution in [3.63, 3.8) is 0 Å². The monoisotopic (exact) mass is 628 g/mol. The molecule has 0 aliphatic heterocycles. The number of carbonyl (C=O) groups excluding carboxylic acids is 3. The summed E-state index contributed by atoms with van der Waals surface area (Å²) in [5.41, 5.74) is 2.12. The Balaban J connectivity index is 2.16. The molecule has 2 aromatic rings. The fourth-order valence-corrected chi connectivity index (χ4v) is 4.98. The van der Waals surface area contributed by atoms with Crippen LogP contribution in [0.2, 0.25) is 0 Å². The van der Waals surface area contributed by atoms with Crippen LogP contribution < -0.4 is 20.9 Å². The van der Waals surface area contributed by atoms with Crippen LogP contribution in [0.3, 0.4) is 0 Å². The van der Waals surface area contributed by atoms with Crippen molar-refractivity contribution in [1.29, 1.82) is 0 Å². The number of nitrogens with one attached hydrogen (secondary N) is 3. The number of alkyl halides is 2. The van der Waals surface area contributed by atoms with E-state index in [1.807, 2.05) is 23.3 Å². The lowest BCUT2D eigenvalue weighted by atomic mass is 10.0. The Morgan fingerprint density at radius 3 is 2.15 bits per heavy atom. The van der Waals surface area contributed by atoms with Crippen LogP contribution in [0.15, 0.2) is 48.5 Å². The van der Waals surface area contributed by atoms with Gasteiger partial charge in [0, 0.05) is 43.4 Å². The highest BCUT2D eigenvalue weighted by Gasteiger charge is 2.29. The van der Waals surface area contributed by atoms with Gasteiger partial charge in [-0.05, 0) is 53.8 Å². The molecule has 3 atom stereocenters. The Hall–Kier alpha value is -3.02. The van der Waals surface area contributed by atoms with E-state index in [4.69, 9.17) is 23.2 Å². The number of thioether (sulfide) groups is 1. The van der Waals surface area contributed by atoms with E-state index in [2.05, 4.69) is 16.0 Å². The van der Waals surface area contributed by atoms with Crippen molar-refractivity contribution >= 4 is 64.8 Å². The summed E-state index contributed by atoms with van der Waals surface area (Å²) in [6.45, 7) is 1.13. The summed E-state index contributed by atoms with van der Waals surface area (Å²) in [5, 5.41) is 17.5. The van der Waals surface area contributed by atoms with Crippen molar-refractivity contribution < 1.29 is 28.7 Å². The summed E-state index contributed by atoms with van der Waals surface area (Å²) in [6.07, 6.45) is 2.53. The third kappa shape index (κ3) is 11.8. The number of hydrogen-bond acceptors (Lipinski definition) is 6. The van der Waals surface area contributed by atoms with Crippen molar-refractivity contribution in [3.8, 4) is 0 Å². The van der Waals surface area contributed by atoms with E-state index in [0.717, 1.165) is 5.69 Å². The molecule has 224 valence electrons. The first-order chi connectivity index (χ1) is 19.7. The molecule has 0 saturated carbocycles. The van der Waals surface area contributed by atoms with E-state index in [0.29, 0.717) is 48.1 Å². The van der Waals surface area contributed by atoms with Crippen molar-refractivity contribution in [2.75, 3.05) is 41.8 Å². The Morgan fingerprint density at radius 1 is 0.951 bits per heavy atom. The highest BCUT2D eigenvalue weighted by atomic mass is 35.5. The average molecular weight is 630 g/mol. The van der Waals surface area contributed by atoms with E-state index in [1.165, 1.54) is 36.0 Å². The Morgan fingerprint density at radius 2 is 1.56 bits per heavy atom. The maximum Gasteiger partial charge on any atom is 0.326 e. The van der Waals surface area contributed by atoms with Gasteiger partial charge in [-0.3, -0.25) is 14.4 Å². The number of rotatable bonds is 19. The predicted molar refractivity (Wildman–Crippen MR) is 161 cm³/mol. The number of carboxylic acid groups (broad SMARTS) is 1. The molecule has 0 radical (unpaired) electrons. The first-order valence-corrected chi connectivity index (χ1v) is 15.4. The van der Waals surface area contributed by atoms with Gasteiger partial charge in [0.25, 0.3) is 0 Å². The summed E-state index contributed by atoms with van der Waals surface area (Å²) in [4.78, 5) is 51.6. The lowest BCUT2D eigenvalue weighted by Crippen LogP contribution is -2.56. The van der Waals surface area contributed by atoms with Crippen molar-refractivity contribution in [2.45, 2.75) is 37.4 Å². The summed E-state index contributed by atoms with van der Waals surface area (Å²) in [5.74, 6) is -1.65. The van der Waals surface area contributed by atoms with Gasteiger partial charge in [-0.2, -0.15) is 11.8 Å². The average Bonchev–Trinajstić information content (AvgIpc) is 2.95. The summed E-state index contributed by atoms with van der Waals surface area (Å²) in [7, 11) is 0. The molecule has 9 nitrogen and oxygen atoms in total. The SMILES string of the molecule is CSCC[C@H](NC(=O)[C@H](Cc1ccc(F)cc1)NC=O)C(=O)N[C@@H](Cc1cccc(N(CCCl)CCCl)c1)C(=O)O. The molecule has 2 rings (SSSR count). The van der Waals surface area contributed by atoms with Gasteiger partial charge in [0.2, 0.25) is 18.2 Å². The standard InChI is InChI=1S/C28H35Cl2FN4O5S/c1-41-14-9-23(33-27(38)24(32-18-36)16-19-5-7-21(31)8-6-19)26(37)34-25(28(39)40)17-20-3-2-4-22(15-20)35(12-10-29)13-11-30/h2-8,15,18,23-25H,9-14,16-17H2,1H3,(H,32,36)(H,33,38)(H,34,37)(H,39,40)/t23-,24-,25-/m0/s1. The van der Waals surface area contributed by atoms with E-state index in [-0.39, 0.29) is 19.3 Å². The molecule has 0 spiro atoms. The molecule has 41 heavy (non-hydrogen) atoms. The minimum absolute atomic E-state index is 0.00753. The first-order valence-electron chi connectivity index (χ1n) is 12.9. The predicted octanol–water partition coefficient (Wildman–Crippen LogP) is 2.82. The largest absolute Gasteiger partial charge is 0.480 e.